The van der Waals surface area contributed by atoms with Crippen molar-refractivity contribution in [2.45, 2.75) is 18.9 Å². The molecular weight excluding hydrogens is 406 g/mol. The van der Waals surface area contributed by atoms with Crippen LogP contribution in [0.2, 0.25) is 0 Å². The van der Waals surface area contributed by atoms with Crippen molar-refractivity contribution in [2.24, 2.45) is 0 Å². The van der Waals surface area contributed by atoms with Gasteiger partial charge in [-0.05, 0) is 47.0 Å². The van der Waals surface area contributed by atoms with Crippen molar-refractivity contribution in [3.05, 3.63) is 27.1 Å². The number of methoxy groups -OCH3 is 1. The van der Waals surface area contributed by atoms with E-state index in [2.05, 4.69) is 31.9 Å². The van der Waals surface area contributed by atoms with E-state index in [1.54, 1.807) is 6.07 Å². The van der Waals surface area contributed by atoms with Gasteiger partial charge >= 0.3 is 5.97 Å². The fraction of sp³-hybridized carbons (Fsp3) is 0.429. The van der Waals surface area contributed by atoms with Gasteiger partial charge in [0.25, 0.3) is 5.91 Å². The third kappa shape index (κ3) is 3.97. The Hall–Kier alpha value is -1.08. The SMILES string of the molecule is COC(=O)C1CCCN1C(=O)COc1ccc(Br)cc1Br. The Morgan fingerprint density at radius 2 is 2.14 bits per heavy atom. The minimum absolute atomic E-state index is 0.103. The molecule has 1 aliphatic rings. The van der Waals surface area contributed by atoms with Crippen LogP contribution in [0.25, 0.3) is 0 Å². The van der Waals surface area contributed by atoms with Gasteiger partial charge in [0.1, 0.15) is 11.8 Å². The van der Waals surface area contributed by atoms with E-state index in [1.165, 1.54) is 12.0 Å². The Kier molecular flexibility index (Phi) is 5.64. The number of benzene rings is 1. The van der Waals surface area contributed by atoms with E-state index < -0.39 is 6.04 Å². The van der Waals surface area contributed by atoms with Gasteiger partial charge in [-0.1, -0.05) is 15.9 Å². The molecular formula is C14H15Br2NO4. The topological polar surface area (TPSA) is 55.8 Å². The van der Waals surface area contributed by atoms with Gasteiger partial charge in [-0.2, -0.15) is 0 Å². The van der Waals surface area contributed by atoms with E-state index in [4.69, 9.17) is 9.47 Å². The van der Waals surface area contributed by atoms with Crippen LogP contribution in [0.15, 0.2) is 27.1 Å². The maximum absolute atomic E-state index is 12.2. The molecule has 1 atom stereocenters. The van der Waals surface area contributed by atoms with Crippen molar-refractivity contribution >= 4 is 43.7 Å². The number of rotatable bonds is 4. The van der Waals surface area contributed by atoms with Gasteiger partial charge in [-0.3, -0.25) is 4.79 Å². The summed E-state index contributed by atoms with van der Waals surface area (Å²) in [6, 6.07) is 4.95. The zero-order valence-corrected chi connectivity index (χ0v) is 14.6. The van der Waals surface area contributed by atoms with Crippen molar-refractivity contribution in [1.29, 1.82) is 0 Å². The molecule has 0 N–H and O–H groups in total. The van der Waals surface area contributed by atoms with E-state index in [9.17, 15) is 9.59 Å². The Labute approximate surface area is 139 Å². The molecule has 7 heteroatoms. The molecule has 1 aromatic rings. The average Bonchev–Trinajstić information content (AvgIpc) is 2.94. The van der Waals surface area contributed by atoms with Crippen LogP contribution in [0.1, 0.15) is 12.8 Å². The van der Waals surface area contributed by atoms with Crippen LogP contribution in [0, 0.1) is 0 Å². The Morgan fingerprint density at radius 3 is 2.81 bits per heavy atom. The molecule has 1 fully saturated rings. The lowest BCUT2D eigenvalue weighted by Crippen LogP contribution is -2.43. The highest BCUT2D eigenvalue weighted by atomic mass is 79.9. The highest BCUT2D eigenvalue weighted by molar-refractivity contribution is 9.11. The van der Waals surface area contributed by atoms with Gasteiger partial charge in [0.15, 0.2) is 6.61 Å². The first kappa shape index (κ1) is 16.3. The molecule has 0 aliphatic carbocycles. The molecule has 1 amide bonds. The smallest absolute Gasteiger partial charge is 0.328 e. The van der Waals surface area contributed by atoms with Crippen LogP contribution in [0.5, 0.6) is 5.75 Å². The van der Waals surface area contributed by atoms with E-state index in [1.807, 2.05) is 12.1 Å². The summed E-state index contributed by atoms with van der Waals surface area (Å²) >= 11 is 6.72. The number of nitrogens with zero attached hydrogens (tertiary/aromatic N) is 1. The summed E-state index contributed by atoms with van der Waals surface area (Å²) in [5.41, 5.74) is 0. The summed E-state index contributed by atoms with van der Waals surface area (Å²) in [4.78, 5) is 25.3. The number of ether oxygens (including phenoxy) is 2. The van der Waals surface area contributed by atoms with Crippen molar-refractivity contribution in [3.8, 4) is 5.75 Å². The minimum atomic E-state index is -0.487. The molecule has 5 nitrogen and oxygen atoms in total. The van der Waals surface area contributed by atoms with Gasteiger partial charge in [-0.15, -0.1) is 0 Å². The second kappa shape index (κ2) is 7.26. The maximum atomic E-state index is 12.2. The lowest BCUT2D eigenvalue weighted by atomic mass is 10.2. The van der Waals surface area contributed by atoms with E-state index in [-0.39, 0.29) is 18.5 Å². The van der Waals surface area contributed by atoms with Gasteiger partial charge in [0, 0.05) is 11.0 Å². The van der Waals surface area contributed by atoms with Crippen LogP contribution in [-0.2, 0) is 14.3 Å². The predicted octanol–water partition coefficient (Wildman–Crippen LogP) is 2.75. The summed E-state index contributed by atoms with van der Waals surface area (Å²) in [6.07, 6.45) is 1.44. The molecule has 21 heavy (non-hydrogen) atoms. The molecule has 1 aromatic carbocycles. The number of esters is 1. The number of halogens is 2. The second-order valence-electron chi connectivity index (χ2n) is 4.63. The van der Waals surface area contributed by atoms with Gasteiger partial charge in [0.2, 0.25) is 0 Å². The highest BCUT2D eigenvalue weighted by Crippen LogP contribution is 2.28. The van der Waals surface area contributed by atoms with Crippen molar-refractivity contribution in [3.63, 3.8) is 0 Å². The van der Waals surface area contributed by atoms with Crippen LogP contribution >= 0.6 is 31.9 Å². The zero-order chi connectivity index (χ0) is 15.4. The lowest BCUT2D eigenvalue weighted by Gasteiger charge is -2.22. The second-order valence-corrected chi connectivity index (χ2v) is 6.40. The van der Waals surface area contributed by atoms with Gasteiger partial charge in [-0.25, -0.2) is 4.79 Å². The van der Waals surface area contributed by atoms with Crippen molar-refractivity contribution in [1.82, 2.24) is 4.90 Å². The largest absolute Gasteiger partial charge is 0.483 e. The van der Waals surface area contributed by atoms with Crippen LogP contribution in [0.3, 0.4) is 0 Å². The van der Waals surface area contributed by atoms with Crippen molar-refractivity contribution in [2.75, 3.05) is 20.3 Å². The number of hydrogen-bond donors (Lipinski definition) is 0. The van der Waals surface area contributed by atoms with Crippen molar-refractivity contribution < 1.29 is 19.1 Å². The summed E-state index contributed by atoms with van der Waals surface area (Å²) in [6.45, 7) is 0.456. The normalized spacial score (nSPS) is 17.7. The van der Waals surface area contributed by atoms with Gasteiger partial charge < -0.3 is 14.4 Å². The monoisotopic (exact) mass is 419 g/mol. The molecule has 2 rings (SSSR count). The molecule has 0 bridgehead atoms. The first-order valence-corrected chi connectivity index (χ1v) is 8.06. The fourth-order valence-corrected chi connectivity index (χ4v) is 3.42. The predicted molar refractivity (Wildman–Crippen MR) is 84.1 cm³/mol. The standard InChI is InChI=1S/C14H15Br2NO4/c1-20-14(19)11-3-2-6-17(11)13(18)8-21-12-5-4-9(15)7-10(12)16/h4-5,7,11H,2-3,6,8H2,1H3. The van der Waals surface area contributed by atoms with Crippen LogP contribution in [0.4, 0.5) is 0 Å². The number of amides is 1. The number of carbonyl (C=O) groups excluding carboxylic acids is 2. The first-order valence-electron chi connectivity index (χ1n) is 6.48. The number of likely N-dealkylation sites (tertiary alicyclic amines) is 1. The Bertz CT molecular complexity index is 550. The van der Waals surface area contributed by atoms with Crippen LogP contribution < -0.4 is 4.74 Å². The molecule has 0 radical (unpaired) electrons. The van der Waals surface area contributed by atoms with E-state index in [0.29, 0.717) is 18.7 Å². The lowest BCUT2D eigenvalue weighted by molar-refractivity contribution is -0.151. The third-order valence-electron chi connectivity index (χ3n) is 3.29. The summed E-state index contributed by atoms with van der Waals surface area (Å²) in [5.74, 6) is 0.00348. The molecule has 1 heterocycles. The van der Waals surface area contributed by atoms with E-state index in [0.717, 1.165) is 15.4 Å². The number of hydrogen-bond acceptors (Lipinski definition) is 4. The van der Waals surface area contributed by atoms with Gasteiger partial charge in [0.05, 0.1) is 11.6 Å². The summed E-state index contributed by atoms with van der Waals surface area (Å²) in [5, 5.41) is 0. The maximum Gasteiger partial charge on any atom is 0.328 e. The zero-order valence-electron chi connectivity index (χ0n) is 11.5. The Morgan fingerprint density at radius 1 is 1.38 bits per heavy atom. The average molecular weight is 421 g/mol. The molecule has 1 unspecified atom stereocenters. The fourth-order valence-electron chi connectivity index (χ4n) is 2.26. The molecule has 1 saturated heterocycles. The van der Waals surface area contributed by atoms with E-state index >= 15 is 0 Å². The summed E-state index contributed by atoms with van der Waals surface area (Å²) in [7, 11) is 1.33. The summed E-state index contributed by atoms with van der Waals surface area (Å²) < 4.78 is 11.9. The highest BCUT2D eigenvalue weighted by Gasteiger charge is 2.34. The molecule has 114 valence electrons. The minimum Gasteiger partial charge on any atom is -0.483 e. The Balaban J connectivity index is 1.96. The quantitative estimate of drug-likeness (QED) is 0.702. The third-order valence-corrected chi connectivity index (χ3v) is 4.40. The molecule has 0 aromatic heterocycles. The molecule has 0 saturated carbocycles. The molecule has 1 aliphatic heterocycles. The number of carbonyl (C=O) groups is 2. The first-order chi connectivity index (χ1) is 10.0. The molecule has 0 spiro atoms. The van der Waals surface area contributed by atoms with Crippen LogP contribution in [-0.4, -0.2) is 43.1 Å².